The van der Waals surface area contributed by atoms with Crippen molar-refractivity contribution in [1.29, 1.82) is 0 Å². The maximum Gasteiger partial charge on any atom is 0.329 e. The summed E-state index contributed by atoms with van der Waals surface area (Å²) >= 11 is 5.79. The second-order valence-corrected chi connectivity index (χ2v) is 5.52. The Labute approximate surface area is 123 Å². The van der Waals surface area contributed by atoms with E-state index in [1.807, 2.05) is 4.90 Å². The van der Waals surface area contributed by atoms with Crippen molar-refractivity contribution in [3.05, 3.63) is 21.6 Å². The van der Waals surface area contributed by atoms with Crippen molar-refractivity contribution < 1.29 is 4.92 Å². The predicted octanol–water partition coefficient (Wildman–Crippen LogP) is 3.44. The minimum Gasteiger partial charge on any atom is -0.351 e. The zero-order valence-electron chi connectivity index (χ0n) is 11.6. The van der Waals surface area contributed by atoms with Crippen LogP contribution in [0, 0.1) is 16.0 Å². The molecule has 7 heteroatoms. The summed E-state index contributed by atoms with van der Waals surface area (Å²) < 4.78 is 0. The lowest BCUT2D eigenvalue weighted by atomic mass is 9.96. The van der Waals surface area contributed by atoms with Crippen LogP contribution in [0.25, 0.3) is 0 Å². The maximum atomic E-state index is 11.1. The fourth-order valence-electron chi connectivity index (χ4n) is 2.78. The summed E-state index contributed by atoms with van der Waals surface area (Å²) in [6.07, 6.45) is 6.86. The second kappa shape index (κ2) is 6.83. The molecule has 20 heavy (non-hydrogen) atoms. The van der Waals surface area contributed by atoms with E-state index < -0.39 is 4.92 Å². The van der Waals surface area contributed by atoms with Crippen LogP contribution in [-0.2, 0) is 0 Å². The summed E-state index contributed by atoms with van der Waals surface area (Å²) in [7, 11) is 0. The van der Waals surface area contributed by atoms with Crippen LogP contribution in [0.3, 0.4) is 0 Å². The lowest BCUT2D eigenvalue weighted by Gasteiger charge is -2.21. The molecule has 1 unspecified atom stereocenters. The Kier molecular flexibility index (Phi) is 5.11. The van der Waals surface area contributed by atoms with E-state index in [0.29, 0.717) is 11.7 Å². The van der Waals surface area contributed by atoms with Crippen molar-refractivity contribution in [3.8, 4) is 0 Å². The highest BCUT2D eigenvalue weighted by atomic mass is 35.5. The van der Waals surface area contributed by atoms with Gasteiger partial charge in [-0.25, -0.2) is 4.98 Å². The number of nitrogens with zero attached hydrogens (tertiary/aromatic N) is 4. The zero-order chi connectivity index (χ0) is 14.5. The van der Waals surface area contributed by atoms with Gasteiger partial charge in [0.25, 0.3) is 0 Å². The quantitative estimate of drug-likeness (QED) is 0.483. The van der Waals surface area contributed by atoms with Crippen molar-refractivity contribution in [2.24, 2.45) is 5.92 Å². The summed E-state index contributed by atoms with van der Waals surface area (Å²) in [5.41, 5.74) is -0.0664. The second-order valence-electron chi connectivity index (χ2n) is 5.18. The molecule has 2 rings (SSSR count). The molecule has 1 atom stereocenters. The highest BCUT2D eigenvalue weighted by Crippen LogP contribution is 2.30. The number of anilines is 1. The van der Waals surface area contributed by atoms with E-state index >= 15 is 0 Å². The Morgan fingerprint density at radius 3 is 3.00 bits per heavy atom. The summed E-state index contributed by atoms with van der Waals surface area (Å²) in [5, 5.41) is 11.1. The van der Waals surface area contributed by atoms with Gasteiger partial charge in [-0.2, -0.15) is 4.98 Å². The molecule has 1 aliphatic heterocycles. The van der Waals surface area contributed by atoms with Gasteiger partial charge in [0, 0.05) is 13.1 Å². The minimum atomic E-state index is -0.444. The smallest absolute Gasteiger partial charge is 0.329 e. The van der Waals surface area contributed by atoms with Crippen molar-refractivity contribution in [1.82, 2.24) is 9.97 Å². The van der Waals surface area contributed by atoms with Crippen LogP contribution in [0.15, 0.2) is 6.20 Å². The Morgan fingerprint density at radius 1 is 1.50 bits per heavy atom. The molecule has 0 radical (unpaired) electrons. The van der Waals surface area contributed by atoms with E-state index in [4.69, 9.17) is 11.6 Å². The third-order valence-electron chi connectivity index (χ3n) is 3.76. The molecule has 6 nitrogen and oxygen atoms in total. The van der Waals surface area contributed by atoms with Gasteiger partial charge in [-0.15, -0.1) is 0 Å². The fraction of sp³-hybridized carbons (Fsp3) is 0.692. The average Bonchev–Trinajstić information content (AvgIpc) is 2.64. The van der Waals surface area contributed by atoms with Crippen LogP contribution in [0.5, 0.6) is 0 Å². The molecule has 110 valence electrons. The van der Waals surface area contributed by atoms with Gasteiger partial charge in [0.2, 0.25) is 11.1 Å². The van der Waals surface area contributed by atoms with Crippen LogP contribution in [0.4, 0.5) is 11.5 Å². The molecule has 0 aliphatic carbocycles. The van der Waals surface area contributed by atoms with Gasteiger partial charge in [0.05, 0.1) is 4.92 Å². The molecule has 0 amide bonds. The Bertz CT molecular complexity index is 483. The van der Waals surface area contributed by atoms with E-state index in [9.17, 15) is 10.1 Å². The molecule has 0 N–H and O–H groups in total. The molecule has 1 fully saturated rings. The summed E-state index contributed by atoms with van der Waals surface area (Å²) in [6, 6.07) is 0. The standard InChI is InChI=1S/C13H19ClN4O2/c1-2-4-10-5-3-7-17(8-6-10)12-11(18(19)20)9-15-13(14)16-12/h9-10H,2-8H2,1H3. The van der Waals surface area contributed by atoms with Gasteiger partial charge in [-0.1, -0.05) is 19.8 Å². The van der Waals surface area contributed by atoms with E-state index in [2.05, 4.69) is 16.9 Å². The summed E-state index contributed by atoms with van der Waals surface area (Å²) in [5.74, 6) is 1.06. The van der Waals surface area contributed by atoms with E-state index in [0.717, 1.165) is 25.9 Å². The van der Waals surface area contributed by atoms with Crippen LogP contribution in [0.2, 0.25) is 5.28 Å². The zero-order valence-corrected chi connectivity index (χ0v) is 12.3. The molecular weight excluding hydrogens is 280 g/mol. The van der Waals surface area contributed by atoms with Gasteiger partial charge in [0.1, 0.15) is 6.20 Å². The Morgan fingerprint density at radius 2 is 2.30 bits per heavy atom. The van der Waals surface area contributed by atoms with Gasteiger partial charge in [-0.3, -0.25) is 10.1 Å². The van der Waals surface area contributed by atoms with E-state index in [1.54, 1.807) is 0 Å². The predicted molar refractivity (Wildman–Crippen MR) is 78.2 cm³/mol. The summed E-state index contributed by atoms with van der Waals surface area (Å²) in [6.45, 7) is 3.77. The molecule has 0 aromatic carbocycles. The third-order valence-corrected chi connectivity index (χ3v) is 3.94. The molecule has 1 aromatic heterocycles. The molecular formula is C13H19ClN4O2. The Hall–Kier alpha value is -1.43. The molecule has 0 spiro atoms. The third kappa shape index (κ3) is 3.56. The topological polar surface area (TPSA) is 72.2 Å². The first-order valence-corrected chi connectivity index (χ1v) is 7.41. The average molecular weight is 299 g/mol. The van der Waals surface area contributed by atoms with Crippen LogP contribution >= 0.6 is 11.6 Å². The monoisotopic (exact) mass is 298 g/mol. The van der Waals surface area contributed by atoms with E-state index in [-0.39, 0.29) is 11.0 Å². The fourth-order valence-corrected chi connectivity index (χ4v) is 2.91. The first-order valence-electron chi connectivity index (χ1n) is 7.03. The SMILES string of the molecule is CCCC1CCCN(c2nc(Cl)ncc2[N+](=O)[O-])CC1. The Balaban J connectivity index is 2.18. The lowest BCUT2D eigenvalue weighted by Crippen LogP contribution is -2.26. The largest absolute Gasteiger partial charge is 0.351 e. The van der Waals surface area contributed by atoms with Gasteiger partial charge >= 0.3 is 5.69 Å². The maximum absolute atomic E-state index is 11.1. The highest BCUT2D eigenvalue weighted by Gasteiger charge is 2.25. The lowest BCUT2D eigenvalue weighted by molar-refractivity contribution is -0.384. The first-order chi connectivity index (χ1) is 9.61. The molecule has 0 bridgehead atoms. The van der Waals surface area contributed by atoms with E-state index in [1.165, 1.54) is 25.5 Å². The van der Waals surface area contributed by atoms with Gasteiger partial charge in [0.15, 0.2) is 0 Å². The number of nitro groups is 1. The number of aromatic nitrogens is 2. The summed E-state index contributed by atoms with van der Waals surface area (Å²) in [4.78, 5) is 20.4. The number of hydrogen-bond acceptors (Lipinski definition) is 5. The van der Waals surface area contributed by atoms with Crippen molar-refractivity contribution in [2.45, 2.75) is 39.0 Å². The molecule has 2 heterocycles. The van der Waals surface area contributed by atoms with Crippen molar-refractivity contribution >= 4 is 23.1 Å². The normalized spacial score (nSPS) is 19.7. The molecule has 1 saturated heterocycles. The van der Waals surface area contributed by atoms with Crippen LogP contribution < -0.4 is 4.90 Å². The number of rotatable bonds is 4. The first kappa shape index (κ1) is 15.0. The van der Waals surface area contributed by atoms with Crippen LogP contribution in [0.1, 0.15) is 39.0 Å². The van der Waals surface area contributed by atoms with Gasteiger partial charge in [-0.05, 0) is 36.8 Å². The highest BCUT2D eigenvalue weighted by molar-refractivity contribution is 6.28. The van der Waals surface area contributed by atoms with Crippen molar-refractivity contribution in [2.75, 3.05) is 18.0 Å². The molecule has 0 saturated carbocycles. The number of halogens is 1. The van der Waals surface area contributed by atoms with Crippen molar-refractivity contribution in [3.63, 3.8) is 0 Å². The molecule has 1 aromatic rings. The van der Waals surface area contributed by atoms with Gasteiger partial charge < -0.3 is 4.90 Å². The number of hydrogen-bond donors (Lipinski definition) is 0. The van der Waals surface area contributed by atoms with Crippen LogP contribution in [-0.4, -0.2) is 28.0 Å². The minimum absolute atomic E-state index is 0.0555. The molecule has 1 aliphatic rings.